The summed E-state index contributed by atoms with van der Waals surface area (Å²) in [5, 5.41) is 0. The van der Waals surface area contributed by atoms with Gasteiger partial charge in [0.15, 0.2) is 0 Å². The number of nitrogens with zero attached hydrogens (tertiary/aromatic N) is 1. The van der Waals surface area contributed by atoms with E-state index in [0.717, 1.165) is 12.8 Å². The number of nitrogens with two attached hydrogens (primary N) is 2. The summed E-state index contributed by atoms with van der Waals surface area (Å²) in [6.07, 6.45) is 3.85. The molecule has 0 bridgehead atoms. The quantitative estimate of drug-likeness (QED) is 0.780. The van der Waals surface area contributed by atoms with E-state index in [2.05, 4.69) is 13.8 Å². The first-order chi connectivity index (χ1) is 7.39. The van der Waals surface area contributed by atoms with Crippen LogP contribution in [0.4, 0.5) is 0 Å². The van der Waals surface area contributed by atoms with Crippen LogP contribution in [-0.4, -0.2) is 10.5 Å². The Bertz CT molecular complexity index is 420. The molecule has 0 aliphatic heterocycles. The molecule has 0 spiro atoms. The standard InChI is InChI=1S/C12H19N3O/c1-12(2)5-9(13)8-3-4-15(7-11(14)16)10(8)6-12/h3-4,9H,5-7,13H2,1-2H3,(H2,14,16). The highest BCUT2D eigenvalue weighted by atomic mass is 16.1. The highest BCUT2D eigenvalue weighted by Gasteiger charge is 2.32. The number of fused-ring (bicyclic) bond motifs is 1. The molecule has 0 aromatic carbocycles. The molecule has 16 heavy (non-hydrogen) atoms. The van der Waals surface area contributed by atoms with E-state index >= 15 is 0 Å². The molecule has 0 radical (unpaired) electrons. The summed E-state index contributed by atoms with van der Waals surface area (Å²) in [6, 6.07) is 2.09. The molecule has 2 rings (SSSR count). The van der Waals surface area contributed by atoms with E-state index in [1.54, 1.807) is 0 Å². The zero-order chi connectivity index (χ0) is 11.9. The normalized spacial score (nSPS) is 22.8. The van der Waals surface area contributed by atoms with Crippen molar-refractivity contribution in [3.05, 3.63) is 23.5 Å². The maximum atomic E-state index is 11.0. The predicted octanol–water partition coefficient (Wildman–Crippen LogP) is 0.946. The summed E-state index contributed by atoms with van der Waals surface area (Å²) in [5.74, 6) is -0.310. The second-order valence-electron chi connectivity index (χ2n) is 5.46. The summed E-state index contributed by atoms with van der Waals surface area (Å²) >= 11 is 0. The van der Waals surface area contributed by atoms with Gasteiger partial charge in [-0.1, -0.05) is 13.8 Å². The molecular weight excluding hydrogens is 202 g/mol. The van der Waals surface area contributed by atoms with E-state index < -0.39 is 0 Å². The lowest BCUT2D eigenvalue weighted by molar-refractivity contribution is -0.118. The van der Waals surface area contributed by atoms with Gasteiger partial charge in [-0.2, -0.15) is 0 Å². The molecule has 1 aliphatic rings. The first-order valence-corrected chi connectivity index (χ1v) is 5.61. The zero-order valence-electron chi connectivity index (χ0n) is 9.86. The number of rotatable bonds is 2. The van der Waals surface area contributed by atoms with E-state index in [1.807, 2.05) is 16.8 Å². The molecule has 0 saturated carbocycles. The van der Waals surface area contributed by atoms with Crippen LogP contribution in [0.1, 0.15) is 37.6 Å². The van der Waals surface area contributed by atoms with Crippen LogP contribution in [0.2, 0.25) is 0 Å². The number of primary amides is 1. The van der Waals surface area contributed by atoms with E-state index in [-0.39, 0.29) is 23.9 Å². The minimum Gasteiger partial charge on any atom is -0.368 e. The van der Waals surface area contributed by atoms with Gasteiger partial charge in [-0.3, -0.25) is 4.79 Å². The first-order valence-electron chi connectivity index (χ1n) is 5.61. The highest BCUT2D eigenvalue weighted by Crippen LogP contribution is 2.39. The number of hydrogen-bond acceptors (Lipinski definition) is 2. The predicted molar refractivity (Wildman–Crippen MR) is 62.7 cm³/mol. The van der Waals surface area contributed by atoms with Gasteiger partial charge in [0.05, 0.1) is 0 Å². The van der Waals surface area contributed by atoms with Crippen molar-refractivity contribution >= 4 is 5.91 Å². The van der Waals surface area contributed by atoms with Crippen LogP contribution in [0, 0.1) is 5.41 Å². The van der Waals surface area contributed by atoms with Gasteiger partial charge in [-0.25, -0.2) is 0 Å². The molecule has 1 aliphatic carbocycles. The van der Waals surface area contributed by atoms with Gasteiger partial charge >= 0.3 is 0 Å². The number of carbonyl (C=O) groups is 1. The van der Waals surface area contributed by atoms with Crippen molar-refractivity contribution in [3.8, 4) is 0 Å². The van der Waals surface area contributed by atoms with Crippen LogP contribution in [-0.2, 0) is 17.8 Å². The van der Waals surface area contributed by atoms with E-state index in [1.165, 1.54) is 11.3 Å². The van der Waals surface area contributed by atoms with Crippen LogP contribution in [0.3, 0.4) is 0 Å². The summed E-state index contributed by atoms with van der Waals surface area (Å²) < 4.78 is 1.93. The number of amides is 1. The Labute approximate surface area is 95.6 Å². The van der Waals surface area contributed by atoms with Crippen LogP contribution >= 0.6 is 0 Å². The van der Waals surface area contributed by atoms with Crippen molar-refractivity contribution < 1.29 is 4.79 Å². The Morgan fingerprint density at radius 2 is 2.31 bits per heavy atom. The smallest absolute Gasteiger partial charge is 0.237 e. The third kappa shape index (κ3) is 1.97. The number of aromatic nitrogens is 1. The monoisotopic (exact) mass is 221 g/mol. The Kier molecular flexibility index (Phi) is 2.54. The molecule has 1 amide bonds. The second-order valence-corrected chi connectivity index (χ2v) is 5.46. The fourth-order valence-electron chi connectivity index (χ4n) is 2.61. The Morgan fingerprint density at radius 3 is 2.94 bits per heavy atom. The summed E-state index contributed by atoms with van der Waals surface area (Å²) in [4.78, 5) is 11.0. The van der Waals surface area contributed by atoms with Crippen molar-refractivity contribution in [3.63, 3.8) is 0 Å². The van der Waals surface area contributed by atoms with Gasteiger partial charge in [0.1, 0.15) is 6.54 Å². The summed E-state index contributed by atoms with van der Waals surface area (Å²) in [5.41, 5.74) is 13.9. The molecule has 4 nitrogen and oxygen atoms in total. The lowest BCUT2D eigenvalue weighted by atomic mass is 9.74. The second kappa shape index (κ2) is 3.63. The van der Waals surface area contributed by atoms with Crippen molar-refractivity contribution in [1.29, 1.82) is 0 Å². The topological polar surface area (TPSA) is 74.0 Å². The maximum Gasteiger partial charge on any atom is 0.237 e. The largest absolute Gasteiger partial charge is 0.368 e. The molecule has 4 N–H and O–H groups in total. The van der Waals surface area contributed by atoms with Crippen molar-refractivity contribution in [1.82, 2.24) is 4.57 Å². The van der Waals surface area contributed by atoms with E-state index in [4.69, 9.17) is 11.5 Å². The van der Waals surface area contributed by atoms with Gasteiger partial charge in [0, 0.05) is 17.9 Å². The van der Waals surface area contributed by atoms with Crippen LogP contribution in [0.15, 0.2) is 12.3 Å². The minimum atomic E-state index is -0.310. The average Bonchev–Trinajstić information content (AvgIpc) is 2.45. The number of hydrogen-bond donors (Lipinski definition) is 2. The summed E-state index contributed by atoms with van der Waals surface area (Å²) in [6.45, 7) is 4.66. The molecule has 1 aromatic rings. The summed E-state index contributed by atoms with van der Waals surface area (Å²) in [7, 11) is 0. The van der Waals surface area contributed by atoms with Crippen molar-refractivity contribution in [2.75, 3.05) is 0 Å². The fraction of sp³-hybridized carbons (Fsp3) is 0.583. The molecule has 4 heteroatoms. The Morgan fingerprint density at radius 1 is 1.62 bits per heavy atom. The average molecular weight is 221 g/mol. The van der Waals surface area contributed by atoms with E-state index in [9.17, 15) is 4.79 Å². The first kappa shape index (κ1) is 11.2. The van der Waals surface area contributed by atoms with E-state index in [0.29, 0.717) is 0 Å². The van der Waals surface area contributed by atoms with Crippen molar-refractivity contribution in [2.24, 2.45) is 16.9 Å². The minimum absolute atomic E-state index is 0.0767. The molecule has 0 fully saturated rings. The zero-order valence-corrected chi connectivity index (χ0v) is 9.86. The number of carbonyl (C=O) groups excluding carboxylic acids is 1. The Balaban J connectivity index is 2.37. The third-order valence-corrected chi connectivity index (χ3v) is 3.26. The van der Waals surface area contributed by atoms with Gasteiger partial charge in [0.25, 0.3) is 0 Å². The van der Waals surface area contributed by atoms with Gasteiger partial charge in [0.2, 0.25) is 5.91 Å². The lowest BCUT2D eigenvalue weighted by Crippen LogP contribution is -2.31. The molecule has 1 heterocycles. The van der Waals surface area contributed by atoms with Gasteiger partial charge < -0.3 is 16.0 Å². The highest BCUT2D eigenvalue weighted by molar-refractivity contribution is 5.73. The fourth-order valence-corrected chi connectivity index (χ4v) is 2.61. The maximum absolute atomic E-state index is 11.0. The van der Waals surface area contributed by atoms with Crippen molar-refractivity contribution in [2.45, 2.75) is 39.3 Å². The molecule has 88 valence electrons. The van der Waals surface area contributed by atoms with Crippen LogP contribution in [0.25, 0.3) is 0 Å². The molecule has 0 saturated heterocycles. The molecule has 1 atom stereocenters. The Hall–Kier alpha value is -1.29. The van der Waals surface area contributed by atoms with Gasteiger partial charge in [-0.05, 0) is 29.9 Å². The van der Waals surface area contributed by atoms with Crippen LogP contribution in [0.5, 0.6) is 0 Å². The third-order valence-electron chi connectivity index (χ3n) is 3.26. The molecular formula is C12H19N3O. The SMILES string of the molecule is CC1(C)Cc2c(ccn2CC(N)=O)C(N)C1. The van der Waals surface area contributed by atoms with Gasteiger partial charge in [-0.15, -0.1) is 0 Å². The lowest BCUT2D eigenvalue weighted by Gasteiger charge is -2.34. The van der Waals surface area contributed by atoms with Crippen LogP contribution < -0.4 is 11.5 Å². The molecule has 1 unspecified atom stereocenters. The molecule has 1 aromatic heterocycles.